The highest BCUT2D eigenvalue weighted by Gasteiger charge is 2.17. The average Bonchev–Trinajstić information content (AvgIpc) is 2.34. The van der Waals surface area contributed by atoms with Crippen LogP contribution in [0.3, 0.4) is 0 Å². The van der Waals surface area contributed by atoms with Gasteiger partial charge in [0.2, 0.25) is 5.91 Å². The summed E-state index contributed by atoms with van der Waals surface area (Å²) in [4.78, 5) is 14.8. The van der Waals surface area contributed by atoms with Crippen LogP contribution >= 0.6 is 11.8 Å². The van der Waals surface area contributed by atoms with E-state index >= 15 is 0 Å². The number of nitrogens with one attached hydrogen (secondary N) is 1. The zero-order chi connectivity index (χ0) is 15.9. The second kappa shape index (κ2) is 8.41. The van der Waals surface area contributed by atoms with Gasteiger partial charge < -0.3 is 10.4 Å². The molecule has 0 saturated heterocycles. The lowest BCUT2D eigenvalue weighted by atomic mass is 10.1. The smallest absolute Gasteiger partial charge is 0.234 e. The summed E-state index contributed by atoms with van der Waals surface area (Å²) in [6.07, 6.45) is 0. The molecule has 0 aliphatic heterocycles. The monoisotopic (exact) mass is 310 g/mol. The first-order chi connectivity index (χ1) is 9.76. The van der Waals surface area contributed by atoms with E-state index in [1.165, 1.54) is 10.5 Å². The zero-order valence-electron chi connectivity index (χ0n) is 13.3. The number of aliphatic hydroxyl groups is 1. The molecule has 0 fully saturated rings. The Balaban J connectivity index is 2.17. The van der Waals surface area contributed by atoms with Gasteiger partial charge in [0, 0.05) is 23.7 Å². The molecule has 1 amide bonds. The van der Waals surface area contributed by atoms with Crippen molar-refractivity contribution in [3.63, 3.8) is 0 Å². The van der Waals surface area contributed by atoms with Gasteiger partial charge in [-0.15, -0.1) is 11.8 Å². The molecule has 0 aliphatic rings. The number of carbonyl (C=O) groups excluding carboxylic acids is 1. The van der Waals surface area contributed by atoms with Gasteiger partial charge in [0.15, 0.2) is 0 Å². The normalized spacial score (nSPS) is 11.7. The van der Waals surface area contributed by atoms with Gasteiger partial charge in [0.05, 0.1) is 12.1 Å². The third-order valence-corrected chi connectivity index (χ3v) is 3.80. The first-order valence-electron chi connectivity index (χ1n) is 7.13. The van der Waals surface area contributed by atoms with E-state index in [4.69, 9.17) is 0 Å². The van der Waals surface area contributed by atoms with Crippen molar-refractivity contribution in [3.05, 3.63) is 29.8 Å². The lowest BCUT2D eigenvalue weighted by molar-refractivity contribution is -0.122. The highest BCUT2D eigenvalue weighted by molar-refractivity contribution is 7.99. The number of benzene rings is 1. The lowest BCUT2D eigenvalue weighted by Crippen LogP contribution is -2.42. The zero-order valence-corrected chi connectivity index (χ0v) is 14.2. The van der Waals surface area contributed by atoms with E-state index in [0.717, 1.165) is 5.75 Å². The number of rotatable bonds is 8. The molecule has 2 N–H and O–H groups in total. The predicted octanol–water partition coefficient (Wildman–Crippen LogP) is 1.91. The SMILES string of the molecule is Cc1ccc(SCCNC(=O)CN(C)CC(C)(C)O)cc1. The Hall–Kier alpha value is -1.04. The van der Waals surface area contributed by atoms with Crippen molar-refractivity contribution >= 4 is 17.7 Å². The molecule has 0 aromatic heterocycles. The highest BCUT2D eigenvalue weighted by Crippen LogP contribution is 2.17. The van der Waals surface area contributed by atoms with Crippen molar-refractivity contribution in [2.24, 2.45) is 0 Å². The summed E-state index contributed by atoms with van der Waals surface area (Å²) in [5.74, 6) is 0.843. The fourth-order valence-electron chi connectivity index (χ4n) is 2.01. The minimum atomic E-state index is -0.781. The Morgan fingerprint density at radius 1 is 1.33 bits per heavy atom. The topological polar surface area (TPSA) is 52.6 Å². The van der Waals surface area contributed by atoms with E-state index in [0.29, 0.717) is 19.6 Å². The van der Waals surface area contributed by atoms with E-state index in [1.54, 1.807) is 25.6 Å². The van der Waals surface area contributed by atoms with Crippen LogP contribution in [0.2, 0.25) is 0 Å². The number of aryl methyl sites for hydroxylation is 1. The molecule has 1 rings (SSSR count). The van der Waals surface area contributed by atoms with Gasteiger partial charge in [-0.2, -0.15) is 0 Å². The van der Waals surface area contributed by atoms with Crippen molar-refractivity contribution in [1.82, 2.24) is 10.2 Å². The largest absolute Gasteiger partial charge is 0.389 e. The van der Waals surface area contributed by atoms with E-state index < -0.39 is 5.60 Å². The van der Waals surface area contributed by atoms with Crippen molar-refractivity contribution in [2.45, 2.75) is 31.3 Å². The number of hydrogen-bond donors (Lipinski definition) is 2. The third-order valence-electron chi connectivity index (χ3n) is 2.78. The van der Waals surface area contributed by atoms with Crippen LogP contribution in [0, 0.1) is 6.92 Å². The van der Waals surface area contributed by atoms with Crippen LogP contribution in [-0.4, -0.2) is 53.9 Å². The average molecular weight is 310 g/mol. The molecule has 1 aromatic carbocycles. The molecular weight excluding hydrogens is 284 g/mol. The molecule has 0 spiro atoms. The van der Waals surface area contributed by atoms with E-state index in [1.807, 2.05) is 11.9 Å². The van der Waals surface area contributed by atoms with Crippen molar-refractivity contribution in [2.75, 3.05) is 32.4 Å². The van der Waals surface area contributed by atoms with Gasteiger partial charge >= 0.3 is 0 Å². The molecule has 0 saturated carbocycles. The molecule has 0 heterocycles. The van der Waals surface area contributed by atoms with Crippen LogP contribution in [0.1, 0.15) is 19.4 Å². The minimum Gasteiger partial charge on any atom is -0.389 e. The number of hydrogen-bond acceptors (Lipinski definition) is 4. The standard InChI is InChI=1S/C16H26N2O2S/c1-13-5-7-14(8-6-13)21-10-9-17-15(19)11-18(4)12-16(2,3)20/h5-8,20H,9-12H2,1-4H3,(H,17,19). The van der Waals surface area contributed by atoms with Gasteiger partial charge in [0.1, 0.15) is 0 Å². The first kappa shape index (κ1) is 18.0. The lowest BCUT2D eigenvalue weighted by Gasteiger charge is -2.24. The fourth-order valence-corrected chi connectivity index (χ4v) is 2.78. The Bertz CT molecular complexity index is 441. The van der Waals surface area contributed by atoms with E-state index in [-0.39, 0.29) is 5.91 Å². The molecular formula is C16H26N2O2S. The Morgan fingerprint density at radius 2 is 1.95 bits per heavy atom. The van der Waals surface area contributed by atoms with Crippen LogP contribution < -0.4 is 5.32 Å². The Kier molecular flexibility index (Phi) is 7.22. The summed E-state index contributed by atoms with van der Waals surface area (Å²) in [7, 11) is 1.83. The first-order valence-corrected chi connectivity index (χ1v) is 8.12. The van der Waals surface area contributed by atoms with Gasteiger partial charge in [-0.05, 0) is 40.0 Å². The second-order valence-corrected chi connectivity index (χ2v) is 7.16. The fraction of sp³-hybridized carbons (Fsp3) is 0.562. The molecule has 5 heteroatoms. The Morgan fingerprint density at radius 3 is 2.52 bits per heavy atom. The van der Waals surface area contributed by atoms with Crippen LogP contribution in [-0.2, 0) is 4.79 Å². The number of likely N-dealkylation sites (N-methyl/N-ethyl adjacent to an activating group) is 1. The summed E-state index contributed by atoms with van der Waals surface area (Å²) >= 11 is 1.73. The summed E-state index contributed by atoms with van der Waals surface area (Å²) in [6, 6.07) is 8.37. The van der Waals surface area contributed by atoms with Crippen molar-refractivity contribution in [3.8, 4) is 0 Å². The maximum absolute atomic E-state index is 11.8. The highest BCUT2D eigenvalue weighted by atomic mass is 32.2. The quantitative estimate of drug-likeness (QED) is 0.569. The van der Waals surface area contributed by atoms with Gasteiger partial charge in [-0.1, -0.05) is 17.7 Å². The molecule has 0 unspecified atom stereocenters. The molecule has 118 valence electrons. The van der Waals surface area contributed by atoms with Crippen LogP contribution in [0.5, 0.6) is 0 Å². The van der Waals surface area contributed by atoms with Crippen molar-refractivity contribution < 1.29 is 9.90 Å². The number of thioether (sulfide) groups is 1. The number of amides is 1. The maximum atomic E-state index is 11.8. The molecule has 4 nitrogen and oxygen atoms in total. The van der Waals surface area contributed by atoms with E-state index in [9.17, 15) is 9.90 Å². The molecule has 0 aliphatic carbocycles. The molecule has 21 heavy (non-hydrogen) atoms. The summed E-state index contributed by atoms with van der Waals surface area (Å²) < 4.78 is 0. The predicted molar refractivity (Wildman–Crippen MR) is 88.7 cm³/mol. The van der Waals surface area contributed by atoms with Gasteiger partial charge in [0.25, 0.3) is 0 Å². The van der Waals surface area contributed by atoms with Crippen LogP contribution in [0.25, 0.3) is 0 Å². The summed E-state index contributed by atoms with van der Waals surface area (Å²) in [5, 5.41) is 12.6. The van der Waals surface area contributed by atoms with Gasteiger partial charge in [-0.25, -0.2) is 0 Å². The molecule has 1 aromatic rings. The van der Waals surface area contributed by atoms with Crippen LogP contribution in [0.15, 0.2) is 29.2 Å². The Labute approximate surface area is 131 Å². The third kappa shape index (κ3) is 8.75. The van der Waals surface area contributed by atoms with Crippen LogP contribution in [0.4, 0.5) is 0 Å². The summed E-state index contributed by atoms with van der Waals surface area (Å²) in [6.45, 7) is 6.96. The van der Waals surface area contributed by atoms with Crippen molar-refractivity contribution in [1.29, 1.82) is 0 Å². The number of carbonyl (C=O) groups is 1. The minimum absolute atomic E-state index is 0.00810. The summed E-state index contributed by atoms with van der Waals surface area (Å²) in [5.41, 5.74) is 0.471. The van der Waals surface area contributed by atoms with Gasteiger partial charge in [-0.3, -0.25) is 9.69 Å². The second-order valence-electron chi connectivity index (χ2n) is 6.00. The molecule has 0 radical (unpaired) electrons. The number of nitrogens with zero attached hydrogens (tertiary/aromatic N) is 1. The maximum Gasteiger partial charge on any atom is 0.234 e. The molecule has 0 bridgehead atoms. The molecule has 0 atom stereocenters. The van der Waals surface area contributed by atoms with E-state index in [2.05, 4.69) is 36.5 Å².